The first-order valence-electron chi connectivity index (χ1n) is 9.60. The molecule has 0 aliphatic carbocycles. The number of aromatic nitrogens is 2. The van der Waals surface area contributed by atoms with Crippen LogP contribution in [0.5, 0.6) is 0 Å². The molecule has 1 fully saturated rings. The van der Waals surface area contributed by atoms with Crippen LogP contribution >= 0.6 is 0 Å². The lowest BCUT2D eigenvalue weighted by molar-refractivity contribution is -0.125. The third-order valence-corrected chi connectivity index (χ3v) is 4.78. The van der Waals surface area contributed by atoms with E-state index in [1.807, 2.05) is 26.0 Å². The zero-order valence-electron chi connectivity index (χ0n) is 16.1. The molecule has 27 heavy (non-hydrogen) atoms. The number of hydrogen-bond acceptors (Lipinski definition) is 5. The fraction of sp³-hybridized carbons (Fsp3) is 0.476. The van der Waals surface area contributed by atoms with Crippen LogP contribution in [0.2, 0.25) is 0 Å². The van der Waals surface area contributed by atoms with Gasteiger partial charge in [-0.3, -0.25) is 9.78 Å². The summed E-state index contributed by atoms with van der Waals surface area (Å²) in [6.45, 7) is 6.87. The van der Waals surface area contributed by atoms with E-state index >= 15 is 0 Å². The lowest BCUT2D eigenvalue weighted by atomic mass is 9.96. The molecule has 1 N–H and O–H groups in total. The standard InChI is InChI=1S/C21H28N4O2/c1-16(2)27-15-18-5-3-4-17(12-18)13-24-21(26)19-6-10-25(11-7-19)20-14-22-8-9-23-20/h3-5,8-9,12,14,16,19H,6-7,10-11,13,15H2,1-2H3,(H,24,26). The van der Waals surface area contributed by atoms with Gasteiger partial charge in [0.1, 0.15) is 5.82 Å². The van der Waals surface area contributed by atoms with Crippen molar-refractivity contribution in [3.63, 3.8) is 0 Å². The summed E-state index contributed by atoms with van der Waals surface area (Å²) in [7, 11) is 0. The monoisotopic (exact) mass is 368 g/mol. The van der Waals surface area contributed by atoms with Crippen LogP contribution in [0.3, 0.4) is 0 Å². The molecule has 1 amide bonds. The van der Waals surface area contributed by atoms with Crippen LogP contribution in [0, 0.1) is 5.92 Å². The summed E-state index contributed by atoms with van der Waals surface area (Å²) < 4.78 is 5.65. The molecule has 6 nitrogen and oxygen atoms in total. The molecule has 0 radical (unpaired) electrons. The maximum Gasteiger partial charge on any atom is 0.223 e. The minimum absolute atomic E-state index is 0.0605. The Balaban J connectivity index is 1.45. The number of anilines is 1. The molecule has 6 heteroatoms. The summed E-state index contributed by atoms with van der Waals surface area (Å²) in [5, 5.41) is 3.09. The normalized spacial score (nSPS) is 15.1. The van der Waals surface area contributed by atoms with Gasteiger partial charge in [0.05, 0.1) is 18.9 Å². The van der Waals surface area contributed by atoms with E-state index in [4.69, 9.17) is 4.74 Å². The second-order valence-corrected chi connectivity index (χ2v) is 7.22. The van der Waals surface area contributed by atoms with Crippen LogP contribution in [0.15, 0.2) is 42.9 Å². The topological polar surface area (TPSA) is 67.3 Å². The quantitative estimate of drug-likeness (QED) is 0.814. The van der Waals surface area contributed by atoms with Crippen LogP contribution in [0.25, 0.3) is 0 Å². The number of piperidine rings is 1. The first kappa shape index (κ1) is 19.3. The summed E-state index contributed by atoms with van der Waals surface area (Å²) in [5.74, 6) is 1.08. The molecule has 0 bridgehead atoms. The number of benzene rings is 1. The second-order valence-electron chi connectivity index (χ2n) is 7.22. The molecule has 2 heterocycles. The van der Waals surface area contributed by atoms with Gasteiger partial charge in [0.15, 0.2) is 0 Å². The van der Waals surface area contributed by atoms with Gasteiger partial charge in [0.2, 0.25) is 5.91 Å². The lowest BCUT2D eigenvalue weighted by Gasteiger charge is -2.31. The minimum atomic E-state index is 0.0605. The molecule has 0 unspecified atom stereocenters. The highest BCUT2D eigenvalue weighted by atomic mass is 16.5. The van der Waals surface area contributed by atoms with E-state index in [0.29, 0.717) is 13.2 Å². The Morgan fingerprint density at radius 3 is 2.74 bits per heavy atom. The van der Waals surface area contributed by atoms with E-state index in [9.17, 15) is 4.79 Å². The number of amides is 1. The van der Waals surface area contributed by atoms with Gasteiger partial charge in [-0.2, -0.15) is 0 Å². The molecule has 2 aromatic rings. The predicted octanol–water partition coefficient (Wildman–Crippen LogP) is 2.93. The summed E-state index contributed by atoms with van der Waals surface area (Å²) in [6.07, 6.45) is 7.04. The number of nitrogens with one attached hydrogen (secondary N) is 1. The molecule has 3 rings (SSSR count). The van der Waals surface area contributed by atoms with Crippen molar-refractivity contribution in [2.75, 3.05) is 18.0 Å². The molecule has 0 atom stereocenters. The van der Waals surface area contributed by atoms with Gasteiger partial charge in [-0.05, 0) is 37.8 Å². The molecule has 1 aromatic carbocycles. The van der Waals surface area contributed by atoms with E-state index in [1.165, 1.54) is 0 Å². The molecule has 0 spiro atoms. The van der Waals surface area contributed by atoms with Gasteiger partial charge >= 0.3 is 0 Å². The molecule has 1 aliphatic rings. The number of nitrogens with zero attached hydrogens (tertiary/aromatic N) is 3. The van der Waals surface area contributed by atoms with Crippen molar-refractivity contribution in [1.29, 1.82) is 0 Å². The van der Waals surface area contributed by atoms with Crippen molar-refractivity contribution in [3.05, 3.63) is 54.0 Å². The third-order valence-electron chi connectivity index (χ3n) is 4.78. The molecule has 1 aromatic heterocycles. The predicted molar refractivity (Wildman–Crippen MR) is 105 cm³/mol. The zero-order valence-corrected chi connectivity index (χ0v) is 16.1. The smallest absolute Gasteiger partial charge is 0.223 e. The number of rotatable bonds is 7. The Bertz CT molecular complexity index is 728. The first-order chi connectivity index (χ1) is 13.1. The SMILES string of the molecule is CC(C)OCc1cccc(CNC(=O)C2CCN(c3cnccn3)CC2)c1. The Kier molecular flexibility index (Phi) is 6.76. The number of carbonyl (C=O) groups is 1. The van der Waals surface area contributed by atoms with Crippen molar-refractivity contribution in [2.24, 2.45) is 5.92 Å². The van der Waals surface area contributed by atoms with Crippen LogP contribution in [-0.4, -0.2) is 35.1 Å². The van der Waals surface area contributed by atoms with Crippen molar-refractivity contribution in [3.8, 4) is 0 Å². The number of hydrogen-bond donors (Lipinski definition) is 1. The average Bonchev–Trinajstić information content (AvgIpc) is 2.71. The Labute approximate surface area is 161 Å². The summed E-state index contributed by atoms with van der Waals surface area (Å²) in [5.41, 5.74) is 2.23. The average molecular weight is 368 g/mol. The minimum Gasteiger partial charge on any atom is -0.374 e. The Morgan fingerprint density at radius 2 is 2.04 bits per heavy atom. The van der Waals surface area contributed by atoms with E-state index < -0.39 is 0 Å². The fourth-order valence-electron chi connectivity index (χ4n) is 3.25. The molecule has 1 saturated heterocycles. The van der Waals surface area contributed by atoms with Crippen LogP contribution in [-0.2, 0) is 22.7 Å². The van der Waals surface area contributed by atoms with Gasteiger partial charge in [-0.25, -0.2) is 4.98 Å². The maximum atomic E-state index is 12.5. The molecule has 1 aliphatic heterocycles. The maximum absolute atomic E-state index is 12.5. The van der Waals surface area contributed by atoms with Gasteiger partial charge in [-0.1, -0.05) is 24.3 Å². The third kappa shape index (κ3) is 5.76. The van der Waals surface area contributed by atoms with E-state index in [2.05, 4.69) is 32.3 Å². The second kappa shape index (κ2) is 9.46. The molecular weight excluding hydrogens is 340 g/mol. The summed E-state index contributed by atoms with van der Waals surface area (Å²) >= 11 is 0. The van der Waals surface area contributed by atoms with E-state index in [0.717, 1.165) is 42.9 Å². The van der Waals surface area contributed by atoms with Crippen LogP contribution in [0.1, 0.15) is 37.8 Å². The van der Waals surface area contributed by atoms with Crippen LogP contribution in [0.4, 0.5) is 5.82 Å². The molecular formula is C21H28N4O2. The van der Waals surface area contributed by atoms with Crippen molar-refractivity contribution in [1.82, 2.24) is 15.3 Å². The van der Waals surface area contributed by atoms with Gasteiger partial charge in [0.25, 0.3) is 0 Å². The van der Waals surface area contributed by atoms with Crippen LogP contribution < -0.4 is 10.2 Å². The Morgan fingerprint density at radius 1 is 1.26 bits per heavy atom. The number of carbonyl (C=O) groups excluding carboxylic acids is 1. The highest BCUT2D eigenvalue weighted by Gasteiger charge is 2.25. The highest BCUT2D eigenvalue weighted by molar-refractivity contribution is 5.79. The molecule has 144 valence electrons. The van der Waals surface area contributed by atoms with Crippen molar-refractivity contribution in [2.45, 2.75) is 45.9 Å². The number of ether oxygens (including phenoxy) is 1. The zero-order chi connectivity index (χ0) is 19.1. The Hall–Kier alpha value is -2.47. The van der Waals surface area contributed by atoms with Crippen molar-refractivity contribution >= 4 is 11.7 Å². The van der Waals surface area contributed by atoms with Gasteiger partial charge in [0, 0.05) is 37.9 Å². The van der Waals surface area contributed by atoms with Gasteiger partial charge in [-0.15, -0.1) is 0 Å². The lowest BCUT2D eigenvalue weighted by Crippen LogP contribution is -2.40. The van der Waals surface area contributed by atoms with Gasteiger partial charge < -0.3 is 15.0 Å². The van der Waals surface area contributed by atoms with E-state index in [1.54, 1.807) is 18.6 Å². The largest absolute Gasteiger partial charge is 0.374 e. The first-order valence-corrected chi connectivity index (χ1v) is 9.60. The highest BCUT2D eigenvalue weighted by Crippen LogP contribution is 2.21. The summed E-state index contributed by atoms with van der Waals surface area (Å²) in [4.78, 5) is 23.2. The molecule has 0 saturated carbocycles. The van der Waals surface area contributed by atoms with E-state index in [-0.39, 0.29) is 17.9 Å². The fourth-order valence-corrected chi connectivity index (χ4v) is 3.25. The van der Waals surface area contributed by atoms with Crippen molar-refractivity contribution < 1.29 is 9.53 Å². The summed E-state index contributed by atoms with van der Waals surface area (Å²) in [6, 6.07) is 8.20.